The maximum Gasteiger partial charge on any atom is 0.0966 e. The minimum Gasteiger partial charge on any atom is -0.325 e. The summed E-state index contributed by atoms with van der Waals surface area (Å²) in [4.78, 5) is 0. The smallest absolute Gasteiger partial charge is 0.0966 e. The summed E-state index contributed by atoms with van der Waals surface area (Å²) in [6.45, 7) is 8.55. The van der Waals surface area contributed by atoms with E-state index in [1.807, 2.05) is 6.08 Å². The molecule has 0 aliphatic rings. The summed E-state index contributed by atoms with van der Waals surface area (Å²) >= 11 is 0. The van der Waals surface area contributed by atoms with Crippen molar-refractivity contribution in [1.82, 2.24) is 0 Å². The fourth-order valence-electron chi connectivity index (χ4n) is 3.71. The van der Waals surface area contributed by atoms with Gasteiger partial charge in [-0.05, 0) is 18.9 Å². The maximum atomic E-state index is 3.86. The van der Waals surface area contributed by atoms with E-state index in [1.54, 1.807) is 0 Å². The van der Waals surface area contributed by atoms with Crippen LogP contribution in [0, 0.1) is 0 Å². The van der Waals surface area contributed by atoms with Gasteiger partial charge in [-0.3, -0.25) is 0 Å². The quantitative estimate of drug-likeness (QED) is 0.119. The number of rotatable bonds is 20. The molecular weight excluding hydrogens is 302 g/mol. The van der Waals surface area contributed by atoms with Crippen LogP contribution in [0.15, 0.2) is 12.7 Å². The average Bonchev–Trinajstić information content (AvgIpc) is 2.57. The molecule has 0 amide bonds. The number of quaternary nitrogens is 1. The van der Waals surface area contributed by atoms with Gasteiger partial charge in [0, 0.05) is 0 Å². The van der Waals surface area contributed by atoms with Crippen molar-refractivity contribution in [2.75, 3.05) is 27.2 Å². The molecule has 150 valence electrons. The zero-order valence-electron chi connectivity index (χ0n) is 18.2. The van der Waals surface area contributed by atoms with E-state index in [9.17, 15) is 0 Å². The van der Waals surface area contributed by atoms with Crippen molar-refractivity contribution in [2.24, 2.45) is 0 Å². The number of hydrogen-bond acceptors (Lipinski definition) is 0. The van der Waals surface area contributed by atoms with E-state index in [2.05, 4.69) is 27.6 Å². The lowest BCUT2D eigenvalue weighted by Gasteiger charge is -2.28. The van der Waals surface area contributed by atoms with Gasteiger partial charge in [0.2, 0.25) is 0 Å². The van der Waals surface area contributed by atoms with Crippen molar-refractivity contribution in [3.8, 4) is 0 Å². The molecule has 0 rings (SSSR count). The largest absolute Gasteiger partial charge is 0.325 e. The van der Waals surface area contributed by atoms with Crippen LogP contribution in [0.3, 0.4) is 0 Å². The Kier molecular flexibility index (Phi) is 18.3. The van der Waals surface area contributed by atoms with Gasteiger partial charge in [0.1, 0.15) is 0 Å². The highest BCUT2D eigenvalue weighted by atomic mass is 15.3. The van der Waals surface area contributed by atoms with Crippen LogP contribution < -0.4 is 0 Å². The van der Waals surface area contributed by atoms with Gasteiger partial charge in [-0.1, -0.05) is 110 Å². The lowest BCUT2D eigenvalue weighted by atomic mass is 10.0. The molecule has 0 N–H and O–H groups in total. The van der Waals surface area contributed by atoms with Crippen LogP contribution in [0.25, 0.3) is 0 Å². The molecule has 0 aromatic rings. The minimum atomic E-state index is 1.10. The second-order valence-corrected chi connectivity index (χ2v) is 8.79. The van der Waals surface area contributed by atoms with Crippen LogP contribution in [0.5, 0.6) is 0 Å². The van der Waals surface area contributed by atoms with Crippen LogP contribution in [-0.2, 0) is 0 Å². The zero-order valence-corrected chi connectivity index (χ0v) is 18.2. The Morgan fingerprint density at radius 3 is 1.20 bits per heavy atom. The third-order valence-electron chi connectivity index (χ3n) is 5.49. The second-order valence-electron chi connectivity index (χ2n) is 8.79. The van der Waals surface area contributed by atoms with Crippen molar-refractivity contribution >= 4 is 0 Å². The van der Waals surface area contributed by atoms with E-state index in [1.165, 1.54) is 116 Å². The molecule has 1 nitrogen and oxygen atoms in total. The molecule has 0 saturated carbocycles. The molecule has 0 atom stereocenters. The summed E-state index contributed by atoms with van der Waals surface area (Å²) < 4.78 is 1.10. The lowest BCUT2D eigenvalue weighted by Crippen LogP contribution is -2.40. The van der Waals surface area contributed by atoms with Crippen LogP contribution in [0.2, 0.25) is 0 Å². The van der Waals surface area contributed by atoms with Crippen molar-refractivity contribution in [3.05, 3.63) is 12.7 Å². The van der Waals surface area contributed by atoms with Crippen LogP contribution in [0.4, 0.5) is 0 Å². The minimum absolute atomic E-state index is 1.10. The predicted octanol–water partition coefficient (Wildman–Crippen LogP) is 7.90. The number of nitrogens with zero attached hydrogens (tertiary/aromatic N) is 1. The first kappa shape index (κ1) is 24.7. The second kappa shape index (κ2) is 18.5. The molecule has 0 fully saturated rings. The maximum absolute atomic E-state index is 3.86. The monoisotopic (exact) mass is 352 g/mol. The van der Waals surface area contributed by atoms with E-state index >= 15 is 0 Å². The molecule has 0 aromatic carbocycles. The molecule has 0 aromatic heterocycles. The van der Waals surface area contributed by atoms with Crippen molar-refractivity contribution < 1.29 is 4.48 Å². The third kappa shape index (κ3) is 19.9. The van der Waals surface area contributed by atoms with Crippen molar-refractivity contribution in [2.45, 2.75) is 116 Å². The van der Waals surface area contributed by atoms with Gasteiger partial charge in [0.05, 0.1) is 27.2 Å². The summed E-state index contributed by atoms with van der Waals surface area (Å²) in [7, 11) is 4.63. The van der Waals surface area contributed by atoms with Gasteiger partial charge in [-0.15, -0.1) is 0 Å². The summed E-state index contributed by atoms with van der Waals surface area (Å²) in [6, 6.07) is 0. The fourth-order valence-corrected chi connectivity index (χ4v) is 3.71. The van der Waals surface area contributed by atoms with Gasteiger partial charge in [-0.2, -0.15) is 0 Å². The third-order valence-corrected chi connectivity index (χ3v) is 5.49. The highest BCUT2D eigenvalue weighted by Crippen LogP contribution is 2.14. The molecule has 0 aliphatic carbocycles. The van der Waals surface area contributed by atoms with Gasteiger partial charge >= 0.3 is 0 Å². The molecule has 0 saturated heterocycles. The standard InChI is InChI=1S/C24H50N/c1-5-7-8-9-10-11-12-13-14-15-16-17-18-19-20-21-22-24-25(3,4)23-6-2/h6H,2,5,7-24H2,1,3-4H3/q+1. The average molecular weight is 353 g/mol. The van der Waals surface area contributed by atoms with Crippen LogP contribution in [0.1, 0.15) is 116 Å². The number of unbranched alkanes of at least 4 members (excludes halogenated alkanes) is 16. The fraction of sp³-hybridized carbons (Fsp3) is 0.917. The lowest BCUT2D eigenvalue weighted by molar-refractivity contribution is -0.884. The molecule has 0 spiro atoms. The van der Waals surface area contributed by atoms with Crippen molar-refractivity contribution in [1.29, 1.82) is 0 Å². The first-order valence-electron chi connectivity index (χ1n) is 11.6. The Balaban J connectivity index is 3.11. The molecule has 0 heterocycles. The number of likely N-dealkylation sites (N-methyl/N-ethyl adjacent to an activating group) is 1. The van der Waals surface area contributed by atoms with Gasteiger partial charge < -0.3 is 4.48 Å². The normalized spacial score (nSPS) is 11.8. The van der Waals surface area contributed by atoms with Crippen molar-refractivity contribution in [3.63, 3.8) is 0 Å². The SMILES string of the molecule is C=CC[N+](C)(C)CCCCCCCCCCCCCCCCCCC. The zero-order chi connectivity index (χ0) is 18.6. The van der Waals surface area contributed by atoms with Crippen LogP contribution in [-0.4, -0.2) is 31.7 Å². The highest BCUT2D eigenvalue weighted by Gasteiger charge is 2.11. The summed E-state index contributed by atoms with van der Waals surface area (Å²) in [6.07, 6.45) is 26.7. The van der Waals surface area contributed by atoms with Gasteiger partial charge in [0.15, 0.2) is 0 Å². The van der Waals surface area contributed by atoms with E-state index in [0.717, 1.165) is 11.0 Å². The molecule has 1 heteroatoms. The first-order valence-corrected chi connectivity index (χ1v) is 11.6. The molecule has 25 heavy (non-hydrogen) atoms. The Morgan fingerprint density at radius 2 is 0.880 bits per heavy atom. The van der Waals surface area contributed by atoms with E-state index < -0.39 is 0 Å². The highest BCUT2D eigenvalue weighted by molar-refractivity contribution is 4.64. The van der Waals surface area contributed by atoms with E-state index in [0.29, 0.717) is 0 Å². The predicted molar refractivity (Wildman–Crippen MR) is 116 cm³/mol. The Bertz CT molecular complexity index is 269. The Hall–Kier alpha value is -0.300. The summed E-state index contributed by atoms with van der Waals surface area (Å²) in [5.41, 5.74) is 0. The Morgan fingerprint density at radius 1 is 0.560 bits per heavy atom. The van der Waals surface area contributed by atoms with Gasteiger partial charge in [-0.25, -0.2) is 0 Å². The molecule has 0 bridgehead atoms. The summed E-state index contributed by atoms with van der Waals surface area (Å²) in [5.74, 6) is 0. The van der Waals surface area contributed by atoms with E-state index in [4.69, 9.17) is 0 Å². The van der Waals surface area contributed by atoms with E-state index in [-0.39, 0.29) is 0 Å². The Labute approximate surface area is 160 Å². The molecule has 0 aliphatic heterocycles. The first-order chi connectivity index (χ1) is 12.1. The summed E-state index contributed by atoms with van der Waals surface area (Å²) in [5, 5.41) is 0. The van der Waals surface area contributed by atoms with Gasteiger partial charge in [0.25, 0.3) is 0 Å². The molecule has 0 unspecified atom stereocenters. The molecule has 0 radical (unpaired) electrons. The number of hydrogen-bond donors (Lipinski definition) is 0. The van der Waals surface area contributed by atoms with Crippen LogP contribution >= 0.6 is 0 Å². The molecular formula is C24H50N+. The topological polar surface area (TPSA) is 0 Å².